The van der Waals surface area contributed by atoms with Crippen molar-refractivity contribution in [3.05, 3.63) is 34.6 Å². The van der Waals surface area contributed by atoms with E-state index in [0.29, 0.717) is 25.8 Å². The Morgan fingerprint density at radius 1 is 1.41 bits per heavy atom. The van der Waals surface area contributed by atoms with Crippen LogP contribution in [-0.4, -0.2) is 17.6 Å². The molecule has 1 aromatic rings. The molecule has 0 atom stereocenters. The molecule has 0 saturated carbocycles. The van der Waals surface area contributed by atoms with E-state index in [1.165, 1.54) is 12.1 Å². The first-order valence-corrected chi connectivity index (χ1v) is 5.82. The number of carbonyl (C=O) groups excluding carboxylic acids is 1. The zero-order chi connectivity index (χ0) is 12.7. The first-order chi connectivity index (χ1) is 8.13. The summed E-state index contributed by atoms with van der Waals surface area (Å²) in [5.41, 5.74) is 0.756. The third-order valence-electron chi connectivity index (χ3n) is 2.29. The van der Waals surface area contributed by atoms with Gasteiger partial charge < -0.3 is 10.4 Å². The van der Waals surface area contributed by atoms with Crippen molar-refractivity contribution in [2.75, 3.05) is 6.61 Å². The van der Waals surface area contributed by atoms with Gasteiger partial charge in [0.15, 0.2) is 0 Å². The maximum Gasteiger partial charge on any atom is 0.220 e. The molecule has 3 nitrogen and oxygen atoms in total. The van der Waals surface area contributed by atoms with Gasteiger partial charge in [-0.3, -0.25) is 4.79 Å². The Morgan fingerprint density at radius 3 is 2.82 bits per heavy atom. The van der Waals surface area contributed by atoms with E-state index in [-0.39, 0.29) is 17.5 Å². The second kappa shape index (κ2) is 7.25. The van der Waals surface area contributed by atoms with Gasteiger partial charge in [-0.1, -0.05) is 17.7 Å². The van der Waals surface area contributed by atoms with Crippen LogP contribution in [0.1, 0.15) is 24.8 Å². The van der Waals surface area contributed by atoms with Gasteiger partial charge in [-0.25, -0.2) is 4.39 Å². The molecule has 0 aliphatic carbocycles. The molecule has 0 unspecified atom stereocenters. The maximum atomic E-state index is 12.9. The molecule has 2 N–H and O–H groups in total. The highest BCUT2D eigenvalue weighted by Gasteiger charge is 2.03. The van der Waals surface area contributed by atoms with Gasteiger partial charge >= 0.3 is 0 Å². The Morgan fingerprint density at radius 2 is 2.18 bits per heavy atom. The fraction of sp³-hybridized carbons (Fsp3) is 0.417. The van der Waals surface area contributed by atoms with Crippen LogP contribution in [0.3, 0.4) is 0 Å². The summed E-state index contributed by atoms with van der Waals surface area (Å²) in [5, 5.41) is 11.3. The average Bonchev–Trinajstić information content (AvgIpc) is 2.31. The summed E-state index contributed by atoms with van der Waals surface area (Å²) in [6, 6.07) is 4.34. The van der Waals surface area contributed by atoms with Crippen molar-refractivity contribution in [1.82, 2.24) is 5.32 Å². The van der Waals surface area contributed by atoms with E-state index in [1.54, 1.807) is 6.07 Å². The van der Waals surface area contributed by atoms with Crippen LogP contribution in [0, 0.1) is 5.82 Å². The first-order valence-electron chi connectivity index (χ1n) is 5.45. The minimum atomic E-state index is -0.468. The fourth-order valence-corrected chi connectivity index (χ4v) is 1.54. The fourth-order valence-electron chi connectivity index (χ4n) is 1.34. The zero-order valence-corrected chi connectivity index (χ0v) is 10.1. The Hall–Kier alpha value is -1.13. The summed E-state index contributed by atoms with van der Waals surface area (Å²) < 4.78 is 12.9. The van der Waals surface area contributed by atoms with Crippen LogP contribution in [0.15, 0.2) is 18.2 Å². The molecule has 1 rings (SSSR count). The van der Waals surface area contributed by atoms with Crippen LogP contribution in [0.4, 0.5) is 4.39 Å². The molecule has 0 aromatic heterocycles. The van der Waals surface area contributed by atoms with E-state index in [1.807, 2.05) is 0 Å². The summed E-state index contributed by atoms with van der Waals surface area (Å²) in [4.78, 5) is 11.3. The molecular formula is C12H15ClFNO2. The van der Waals surface area contributed by atoms with Gasteiger partial charge in [0.05, 0.1) is 5.02 Å². The first kappa shape index (κ1) is 13.9. The minimum Gasteiger partial charge on any atom is -0.396 e. The van der Waals surface area contributed by atoms with E-state index in [4.69, 9.17) is 16.7 Å². The lowest BCUT2D eigenvalue weighted by Gasteiger charge is -2.05. The molecular weight excluding hydrogens is 245 g/mol. The molecule has 5 heteroatoms. The van der Waals surface area contributed by atoms with Crippen molar-refractivity contribution in [2.45, 2.75) is 25.8 Å². The molecule has 0 bridgehead atoms. The minimum absolute atomic E-state index is 0.0528. The van der Waals surface area contributed by atoms with Crippen molar-refractivity contribution in [1.29, 1.82) is 0 Å². The number of aliphatic hydroxyl groups excluding tert-OH is 1. The lowest BCUT2D eigenvalue weighted by atomic mass is 10.2. The van der Waals surface area contributed by atoms with Crippen LogP contribution in [-0.2, 0) is 11.3 Å². The van der Waals surface area contributed by atoms with E-state index >= 15 is 0 Å². The van der Waals surface area contributed by atoms with Crippen LogP contribution < -0.4 is 5.32 Å². The van der Waals surface area contributed by atoms with Crippen molar-refractivity contribution in [3.8, 4) is 0 Å². The third kappa shape index (κ3) is 5.15. The van der Waals surface area contributed by atoms with E-state index in [9.17, 15) is 9.18 Å². The van der Waals surface area contributed by atoms with Crippen LogP contribution in [0.25, 0.3) is 0 Å². The number of rotatable bonds is 6. The Labute approximate surface area is 105 Å². The standard InChI is InChI=1S/C12H15ClFNO2/c13-10-7-9(4-5-11(10)14)8-15-12(17)3-1-2-6-16/h4-5,7,16H,1-3,6,8H2,(H,15,17). The highest BCUT2D eigenvalue weighted by molar-refractivity contribution is 6.30. The molecule has 0 fully saturated rings. The van der Waals surface area contributed by atoms with Crippen molar-refractivity contribution in [3.63, 3.8) is 0 Å². The van der Waals surface area contributed by atoms with Crippen molar-refractivity contribution >= 4 is 17.5 Å². The number of aliphatic hydroxyl groups is 1. The van der Waals surface area contributed by atoms with Crippen molar-refractivity contribution in [2.24, 2.45) is 0 Å². The number of amides is 1. The van der Waals surface area contributed by atoms with Gasteiger partial charge in [0.2, 0.25) is 5.91 Å². The number of hydrogen-bond acceptors (Lipinski definition) is 2. The van der Waals surface area contributed by atoms with E-state index < -0.39 is 5.82 Å². The lowest BCUT2D eigenvalue weighted by molar-refractivity contribution is -0.121. The number of unbranched alkanes of at least 4 members (excludes halogenated alkanes) is 1. The van der Waals surface area contributed by atoms with Crippen LogP contribution in [0.5, 0.6) is 0 Å². The number of hydrogen-bond donors (Lipinski definition) is 2. The Bertz CT molecular complexity index is 385. The highest BCUT2D eigenvalue weighted by atomic mass is 35.5. The van der Waals surface area contributed by atoms with Gasteiger partial charge in [0, 0.05) is 19.6 Å². The SMILES string of the molecule is O=C(CCCCO)NCc1ccc(F)c(Cl)c1. The zero-order valence-electron chi connectivity index (χ0n) is 9.38. The molecule has 0 spiro atoms. The van der Waals surface area contributed by atoms with E-state index in [0.717, 1.165) is 5.56 Å². The molecule has 1 amide bonds. The molecule has 0 aliphatic rings. The van der Waals surface area contributed by atoms with Gasteiger partial charge in [-0.2, -0.15) is 0 Å². The number of halogens is 2. The molecule has 1 aromatic carbocycles. The Balaban J connectivity index is 2.34. The average molecular weight is 260 g/mol. The summed E-state index contributed by atoms with van der Waals surface area (Å²) in [6.07, 6.45) is 1.66. The van der Waals surface area contributed by atoms with Crippen molar-refractivity contribution < 1.29 is 14.3 Å². The number of benzene rings is 1. The molecule has 0 aliphatic heterocycles. The van der Waals surface area contributed by atoms with Gasteiger partial charge in [-0.15, -0.1) is 0 Å². The van der Waals surface area contributed by atoms with Gasteiger partial charge in [-0.05, 0) is 30.5 Å². The largest absolute Gasteiger partial charge is 0.396 e. The summed E-state index contributed by atoms with van der Waals surface area (Å²) in [7, 11) is 0. The third-order valence-corrected chi connectivity index (χ3v) is 2.58. The second-order valence-corrected chi connectivity index (χ2v) is 4.11. The number of nitrogens with one attached hydrogen (secondary N) is 1. The van der Waals surface area contributed by atoms with Gasteiger partial charge in [0.1, 0.15) is 5.82 Å². The summed E-state index contributed by atoms with van der Waals surface area (Å²) >= 11 is 5.62. The second-order valence-electron chi connectivity index (χ2n) is 3.71. The van der Waals surface area contributed by atoms with Crippen LogP contribution >= 0.6 is 11.6 Å². The van der Waals surface area contributed by atoms with E-state index in [2.05, 4.69) is 5.32 Å². The summed E-state index contributed by atoms with van der Waals surface area (Å²) in [5.74, 6) is -0.552. The highest BCUT2D eigenvalue weighted by Crippen LogP contribution is 2.15. The molecule has 0 radical (unpaired) electrons. The molecule has 94 valence electrons. The predicted molar refractivity (Wildman–Crippen MR) is 64.2 cm³/mol. The maximum absolute atomic E-state index is 12.9. The quantitative estimate of drug-likeness (QED) is 0.770. The predicted octanol–water partition coefficient (Wildman–Crippen LogP) is 2.26. The van der Waals surface area contributed by atoms with Crippen LogP contribution in [0.2, 0.25) is 5.02 Å². The summed E-state index contributed by atoms with van der Waals surface area (Å²) in [6.45, 7) is 0.429. The molecule has 17 heavy (non-hydrogen) atoms. The smallest absolute Gasteiger partial charge is 0.220 e. The molecule has 0 saturated heterocycles. The topological polar surface area (TPSA) is 49.3 Å². The normalized spacial score (nSPS) is 10.3. The molecule has 0 heterocycles. The lowest BCUT2D eigenvalue weighted by Crippen LogP contribution is -2.22. The Kier molecular flexibility index (Phi) is 5.94. The van der Waals surface area contributed by atoms with Gasteiger partial charge in [0.25, 0.3) is 0 Å². The number of carbonyl (C=O) groups is 1. The monoisotopic (exact) mass is 259 g/mol.